The zero-order chi connectivity index (χ0) is 21.8. The number of carbonyl (C=O) groups excluding carboxylic acids is 1. The zero-order valence-corrected chi connectivity index (χ0v) is 19.1. The summed E-state index contributed by atoms with van der Waals surface area (Å²) in [5, 5.41) is 9.71. The number of fused-ring (bicyclic) bond motifs is 1. The van der Waals surface area contributed by atoms with Crippen molar-refractivity contribution in [2.75, 3.05) is 12.3 Å². The Balaban J connectivity index is 1.35. The molecule has 2 aliphatic rings. The number of hydrogen-bond donors (Lipinski definition) is 0. The number of hydrogen-bond acceptors (Lipinski definition) is 5. The summed E-state index contributed by atoms with van der Waals surface area (Å²) in [5.74, 6) is 2.12. The number of likely N-dealkylation sites (tertiary alicyclic amines) is 1. The van der Waals surface area contributed by atoms with Crippen molar-refractivity contribution in [1.29, 1.82) is 0 Å². The molecule has 1 saturated heterocycles. The van der Waals surface area contributed by atoms with Crippen molar-refractivity contribution in [1.82, 2.24) is 24.6 Å². The molecule has 3 aromatic rings. The van der Waals surface area contributed by atoms with Gasteiger partial charge in [0.25, 0.3) is 0 Å². The fourth-order valence-corrected chi connectivity index (χ4v) is 5.98. The first-order chi connectivity index (χ1) is 15.8. The van der Waals surface area contributed by atoms with Gasteiger partial charge in [-0.25, -0.2) is 0 Å². The molecule has 32 heavy (non-hydrogen) atoms. The number of piperidine rings is 1. The van der Waals surface area contributed by atoms with E-state index in [1.54, 1.807) is 6.20 Å². The van der Waals surface area contributed by atoms with Crippen LogP contribution in [0.5, 0.6) is 0 Å². The average molecular weight is 448 g/mol. The van der Waals surface area contributed by atoms with Crippen LogP contribution in [0.1, 0.15) is 44.1 Å². The fourth-order valence-electron chi connectivity index (χ4n) is 5.16. The van der Waals surface area contributed by atoms with Gasteiger partial charge in [-0.05, 0) is 49.3 Å². The molecule has 1 amide bonds. The van der Waals surface area contributed by atoms with E-state index in [2.05, 4.69) is 36.8 Å². The number of benzene rings is 1. The Hall–Kier alpha value is -2.67. The monoisotopic (exact) mass is 447 g/mol. The van der Waals surface area contributed by atoms with Crippen LogP contribution in [0, 0.1) is 5.92 Å². The molecule has 0 unspecified atom stereocenters. The van der Waals surface area contributed by atoms with Gasteiger partial charge in [-0.1, -0.05) is 54.9 Å². The molecule has 1 aliphatic carbocycles. The van der Waals surface area contributed by atoms with Crippen LogP contribution in [0.2, 0.25) is 0 Å². The molecule has 2 aromatic heterocycles. The van der Waals surface area contributed by atoms with E-state index < -0.39 is 0 Å². The Kier molecular flexibility index (Phi) is 6.53. The number of thioether (sulfide) groups is 1. The predicted molar refractivity (Wildman–Crippen MR) is 126 cm³/mol. The lowest BCUT2D eigenvalue weighted by atomic mass is 9.78. The molecule has 2 atom stereocenters. The Bertz CT molecular complexity index is 1040. The second-order valence-corrected chi connectivity index (χ2v) is 9.69. The summed E-state index contributed by atoms with van der Waals surface area (Å²) in [5.41, 5.74) is 2.10. The zero-order valence-electron chi connectivity index (χ0n) is 18.3. The third-order valence-corrected chi connectivity index (χ3v) is 7.66. The molecule has 6 nitrogen and oxygen atoms in total. The van der Waals surface area contributed by atoms with Crippen molar-refractivity contribution in [3.8, 4) is 11.4 Å². The molecule has 2 fully saturated rings. The van der Waals surface area contributed by atoms with Gasteiger partial charge in [-0.15, -0.1) is 10.2 Å². The highest BCUT2D eigenvalue weighted by molar-refractivity contribution is 7.99. The molecular formula is C25H29N5OS. The van der Waals surface area contributed by atoms with Gasteiger partial charge in [0.05, 0.1) is 12.3 Å². The first-order valence-corrected chi connectivity index (χ1v) is 12.6. The van der Waals surface area contributed by atoms with Crippen molar-refractivity contribution in [3.63, 3.8) is 0 Å². The van der Waals surface area contributed by atoms with E-state index in [1.165, 1.54) is 43.0 Å². The summed E-state index contributed by atoms with van der Waals surface area (Å²) in [6, 6.07) is 14.6. The maximum atomic E-state index is 13.2. The second kappa shape index (κ2) is 9.86. The van der Waals surface area contributed by atoms with Crippen LogP contribution in [-0.2, 0) is 11.3 Å². The van der Waals surface area contributed by atoms with Crippen molar-refractivity contribution in [3.05, 3.63) is 60.4 Å². The smallest absolute Gasteiger partial charge is 0.233 e. The predicted octanol–water partition coefficient (Wildman–Crippen LogP) is 4.66. The summed E-state index contributed by atoms with van der Waals surface area (Å²) in [6.45, 7) is 1.56. The molecule has 1 aliphatic heterocycles. The standard InChI is InChI=1S/C25H29N5OS/c31-23(29-15-7-12-20-10-4-5-13-22(20)29)18-32-25-28-27-24(21-11-6-14-26-16-21)30(25)17-19-8-2-1-3-9-19/h1-3,6,8-9,11,14,16,20,22H,4-5,7,10,12-13,15,17-18H2/t20-,22+/m1/s1. The van der Waals surface area contributed by atoms with E-state index >= 15 is 0 Å². The summed E-state index contributed by atoms with van der Waals surface area (Å²) >= 11 is 1.50. The van der Waals surface area contributed by atoms with Crippen molar-refractivity contribution in [2.45, 2.75) is 56.3 Å². The van der Waals surface area contributed by atoms with Crippen LogP contribution in [-0.4, -0.2) is 48.9 Å². The van der Waals surface area contributed by atoms with Crippen molar-refractivity contribution in [2.24, 2.45) is 5.92 Å². The Morgan fingerprint density at radius 3 is 2.69 bits per heavy atom. The number of carbonyl (C=O) groups is 1. The largest absolute Gasteiger partial charge is 0.339 e. The van der Waals surface area contributed by atoms with Gasteiger partial charge >= 0.3 is 0 Å². The van der Waals surface area contributed by atoms with Crippen LogP contribution >= 0.6 is 11.8 Å². The number of pyridine rings is 1. The molecule has 0 N–H and O–H groups in total. The Morgan fingerprint density at radius 1 is 1.00 bits per heavy atom. The highest BCUT2D eigenvalue weighted by atomic mass is 32.2. The van der Waals surface area contributed by atoms with Crippen LogP contribution in [0.15, 0.2) is 60.0 Å². The Morgan fingerprint density at radius 2 is 1.84 bits per heavy atom. The van der Waals surface area contributed by atoms with Gasteiger partial charge in [0.2, 0.25) is 5.91 Å². The van der Waals surface area contributed by atoms with Crippen LogP contribution in [0.4, 0.5) is 0 Å². The molecule has 0 bridgehead atoms. The van der Waals surface area contributed by atoms with Crippen LogP contribution < -0.4 is 0 Å². The first-order valence-electron chi connectivity index (χ1n) is 11.6. The van der Waals surface area contributed by atoms with Crippen molar-refractivity contribution >= 4 is 17.7 Å². The molecule has 0 spiro atoms. The Labute approximate surface area is 193 Å². The number of aromatic nitrogens is 4. The molecule has 5 rings (SSSR count). The van der Waals surface area contributed by atoms with E-state index in [0.717, 1.165) is 35.9 Å². The number of amides is 1. The number of nitrogens with zero attached hydrogens (tertiary/aromatic N) is 5. The second-order valence-electron chi connectivity index (χ2n) is 8.75. The average Bonchev–Trinajstić information content (AvgIpc) is 3.25. The van der Waals surface area contributed by atoms with Crippen LogP contribution in [0.25, 0.3) is 11.4 Å². The molecule has 166 valence electrons. The third kappa shape index (κ3) is 4.58. The van der Waals surface area contributed by atoms with Gasteiger partial charge in [-0.2, -0.15) is 0 Å². The lowest BCUT2D eigenvalue weighted by Gasteiger charge is -2.44. The molecule has 3 heterocycles. The number of rotatable bonds is 6. The third-order valence-electron chi connectivity index (χ3n) is 6.71. The summed E-state index contributed by atoms with van der Waals surface area (Å²) in [7, 11) is 0. The lowest BCUT2D eigenvalue weighted by molar-refractivity contribution is -0.134. The normalized spacial score (nSPS) is 20.7. The topological polar surface area (TPSA) is 63.9 Å². The van der Waals surface area contributed by atoms with Crippen molar-refractivity contribution < 1.29 is 4.79 Å². The first kappa shape index (κ1) is 21.2. The van der Waals surface area contributed by atoms with E-state index in [1.807, 2.05) is 36.5 Å². The quantitative estimate of drug-likeness (QED) is 0.514. The molecule has 7 heteroatoms. The SMILES string of the molecule is O=C(CSc1nnc(-c2cccnc2)n1Cc1ccccc1)N1CCC[C@H]2CCCC[C@@H]21. The summed E-state index contributed by atoms with van der Waals surface area (Å²) in [4.78, 5) is 19.6. The highest BCUT2D eigenvalue weighted by Gasteiger charge is 2.35. The van der Waals surface area contributed by atoms with E-state index in [-0.39, 0.29) is 5.91 Å². The van der Waals surface area contributed by atoms with E-state index in [0.29, 0.717) is 24.3 Å². The molecule has 0 radical (unpaired) electrons. The summed E-state index contributed by atoms with van der Waals surface area (Å²) < 4.78 is 2.10. The van der Waals surface area contributed by atoms with E-state index in [4.69, 9.17) is 0 Å². The fraction of sp³-hybridized carbons (Fsp3) is 0.440. The van der Waals surface area contributed by atoms with Gasteiger partial charge in [0.1, 0.15) is 0 Å². The van der Waals surface area contributed by atoms with Crippen LogP contribution in [0.3, 0.4) is 0 Å². The lowest BCUT2D eigenvalue weighted by Crippen LogP contribution is -2.50. The maximum Gasteiger partial charge on any atom is 0.233 e. The molecule has 1 saturated carbocycles. The minimum Gasteiger partial charge on any atom is -0.339 e. The maximum absolute atomic E-state index is 13.2. The van der Waals surface area contributed by atoms with Gasteiger partial charge in [0, 0.05) is 30.5 Å². The highest BCUT2D eigenvalue weighted by Crippen LogP contribution is 2.36. The molecular weight excluding hydrogens is 418 g/mol. The van der Waals surface area contributed by atoms with Gasteiger partial charge in [0.15, 0.2) is 11.0 Å². The van der Waals surface area contributed by atoms with Gasteiger partial charge in [-0.3, -0.25) is 14.3 Å². The molecule has 1 aromatic carbocycles. The van der Waals surface area contributed by atoms with E-state index in [9.17, 15) is 4.79 Å². The van der Waals surface area contributed by atoms with Gasteiger partial charge < -0.3 is 4.90 Å². The minimum atomic E-state index is 0.240. The minimum absolute atomic E-state index is 0.240. The summed E-state index contributed by atoms with van der Waals surface area (Å²) in [6.07, 6.45) is 11.0.